The molecule has 1 atom stereocenters. The molecule has 0 aliphatic carbocycles. The second kappa shape index (κ2) is 6.88. The molecule has 112 valence electrons. The molecule has 1 aromatic carbocycles. The number of benzene rings is 1. The third-order valence-electron chi connectivity index (χ3n) is 3.58. The number of ether oxygens (including phenoxy) is 1. The summed E-state index contributed by atoms with van der Waals surface area (Å²) < 4.78 is 7.01. The highest BCUT2D eigenvalue weighted by Crippen LogP contribution is 2.28. The van der Waals surface area contributed by atoms with Gasteiger partial charge in [-0.2, -0.15) is 5.10 Å². The molecule has 0 fully saturated rings. The van der Waals surface area contributed by atoms with Crippen molar-refractivity contribution in [2.75, 3.05) is 14.2 Å². The molecule has 0 aliphatic heterocycles. The molecular weight excluding hydrogens is 268 g/mol. The van der Waals surface area contributed by atoms with E-state index >= 15 is 0 Å². The second-order valence-corrected chi connectivity index (χ2v) is 4.83. The summed E-state index contributed by atoms with van der Waals surface area (Å²) in [6, 6.07) is 7.69. The number of nitrogens with zero attached hydrogens (tertiary/aromatic N) is 4. The van der Waals surface area contributed by atoms with E-state index in [2.05, 4.69) is 10.1 Å². The average Bonchev–Trinajstić information content (AvgIpc) is 3.04. The molecule has 21 heavy (non-hydrogen) atoms. The molecule has 1 heterocycles. The number of aryl methyl sites for hydroxylation is 1. The van der Waals surface area contributed by atoms with Crippen LogP contribution < -0.4 is 4.74 Å². The molecule has 0 spiro atoms. The summed E-state index contributed by atoms with van der Waals surface area (Å²) in [5.74, 6) is 0.852. The quantitative estimate of drug-likeness (QED) is 0.814. The van der Waals surface area contributed by atoms with Gasteiger partial charge in [-0.05, 0) is 13.0 Å². The summed E-state index contributed by atoms with van der Waals surface area (Å²) in [6.07, 6.45) is 3.46. The van der Waals surface area contributed by atoms with Crippen molar-refractivity contribution in [3.05, 3.63) is 42.5 Å². The van der Waals surface area contributed by atoms with Crippen LogP contribution in [0, 0.1) is 0 Å². The number of aromatic nitrogens is 3. The molecule has 2 rings (SSSR count). The number of hydrogen-bond acceptors (Lipinski definition) is 4. The molecule has 0 aliphatic rings. The predicted molar refractivity (Wildman–Crippen MR) is 78.8 cm³/mol. The fourth-order valence-electron chi connectivity index (χ4n) is 2.17. The first-order chi connectivity index (χ1) is 10.1. The SMILES string of the molecule is COc1ccccc1C(C)N(C)C(=O)CCn1cncn1. The van der Waals surface area contributed by atoms with E-state index in [1.807, 2.05) is 31.2 Å². The second-order valence-electron chi connectivity index (χ2n) is 4.83. The van der Waals surface area contributed by atoms with Crippen LogP contribution in [0.3, 0.4) is 0 Å². The summed E-state index contributed by atoms with van der Waals surface area (Å²) in [4.78, 5) is 17.9. The summed E-state index contributed by atoms with van der Waals surface area (Å²) in [5, 5.41) is 3.99. The van der Waals surface area contributed by atoms with E-state index in [9.17, 15) is 4.79 Å². The highest BCUT2D eigenvalue weighted by atomic mass is 16.5. The van der Waals surface area contributed by atoms with Gasteiger partial charge in [-0.3, -0.25) is 9.48 Å². The summed E-state index contributed by atoms with van der Waals surface area (Å²) in [5.41, 5.74) is 0.997. The molecule has 1 unspecified atom stereocenters. The molecular formula is C15H20N4O2. The van der Waals surface area contributed by atoms with Crippen LogP contribution in [-0.4, -0.2) is 39.7 Å². The Morgan fingerprint density at radius 1 is 1.43 bits per heavy atom. The Labute approximate surface area is 124 Å². The van der Waals surface area contributed by atoms with E-state index in [-0.39, 0.29) is 11.9 Å². The first-order valence-corrected chi connectivity index (χ1v) is 6.84. The number of rotatable bonds is 6. The van der Waals surface area contributed by atoms with Gasteiger partial charge in [0.15, 0.2) is 0 Å². The fourth-order valence-corrected chi connectivity index (χ4v) is 2.17. The third-order valence-corrected chi connectivity index (χ3v) is 3.58. The molecule has 1 amide bonds. The molecule has 0 saturated heterocycles. The van der Waals surface area contributed by atoms with Crippen molar-refractivity contribution in [1.82, 2.24) is 19.7 Å². The van der Waals surface area contributed by atoms with Crippen molar-refractivity contribution in [3.63, 3.8) is 0 Å². The maximum absolute atomic E-state index is 12.3. The number of hydrogen-bond donors (Lipinski definition) is 0. The lowest BCUT2D eigenvalue weighted by molar-refractivity contribution is -0.132. The van der Waals surface area contributed by atoms with Crippen molar-refractivity contribution < 1.29 is 9.53 Å². The Morgan fingerprint density at radius 3 is 2.86 bits per heavy atom. The zero-order chi connectivity index (χ0) is 15.2. The topological polar surface area (TPSA) is 60.2 Å². The maximum Gasteiger partial charge on any atom is 0.224 e. The Hall–Kier alpha value is -2.37. The monoisotopic (exact) mass is 288 g/mol. The van der Waals surface area contributed by atoms with Gasteiger partial charge in [0.2, 0.25) is 5.91 Å². The summed E-state index contributed by atoms with van der Waals surface area (Å²) in [6.45, 7) is 2.52. The minimum atomic E-state index is -0.0515. The molecule has 0 bridgehead atoms. The lowest BCUT2D eigenvalue weighted by atomic mass is 10.1. The number of amides is 1. The predicted octanol–water partition coefficient (Wildman–Crippen LogP) is 1.90. The van der Waals surface area contributed by atoms with Gasteiger partial charge in [0, 0.05) is 19.0 Å². The average molecular weight is 288 g/mol. The van der Waals surface area contributed by atoms with Crippen molar-refractivity contribution in [1.29, 1.82) is 0 Å². The van der Waals surface area contributed by atoms with Gasteiger partial charge in [0.25, 0.3) is 0 Å². The van der Waals surface area contributed by atoms with E-state index in [1.165, 1.54) is 6.33 Å². The number of para-hydroxylation sites is 1. The van der Waals surface area contributed by atoms with Gasteiger partial charge in [-0.25, -0.2) is 4.98 Å². The van der Waals surface area contributed by atoms with Crippen LogP contribution in [0.5, 0.6) is 5.75 Å². The summed E-state index contributed by atoms with van der Waals surface area (Å²) >= 11 is 0. The van der Waals surface area contributed by atoms with E-state index < -0.39 is 0 Å². The fraction of sp³-hybridized carbons (Fsp3) is 0.400. The zero-order valence-corrected chi connectivity index (χ0v) is 12.6. The van der Waals surface area contributed by atoms with Crippen LogP contribution in [0.4, 0.5) is 0 Å². The van der Waals surface area contributed by atoms with E-state index in [0.717, 1.165) is 11.3 Å². The molecule has 1 aromatic heterocycles. The smallest absolute Gasteiger partial charge is 0.224 e. The highest BCUT2D eigenvalue weighted by molar-refractivity contribution is 5.76. The number of carbonyl (C=O) groups is 1. The van der Waals surface area contributed by atoms with E-state index in [0.29, 0.717) is 13.0 Å². The van der Waals surface area contributed by atoms with Gasteiger partial charge < -0.3 is 9.64 Å². The van der Waals surface area contributed by atoms with Crippen LogP contribution in [0.2, 0.25) is 0 Å². The lowest BCUT2D eigenvalue weighted by Gasteiger charge is -2.26. The van der Waals surface area contributed by atoms with Gasteiger partial charge in [0.1, 0.15) is 18.4 Å². The third kappa shape index (κ3) is 3.59. The van der Waals surface area contributed by atoms with Crippen LogP contribution in [0.15, 0.2) is 36.9 Å². The first kappa shape index (κ1) is 15.0. The van der Waals surface area contributed by atoms with Crippen molar-refractivity contribution in [3.8, 4) is 5.75 Å². The lowest BCUT2D eigenvalue weighted by Crippen LogP contribution is -2.30. The van der Waals surface area contributed by atoms with Crippen LogP contribution >= 0.6 is 0 Å². The van der Waals surface area contributed by atoms with E-state index in [1.54, 1.807) is 30.1 Å². The molecule has 6 heteroatoms. The van der Waals surface area contributed by atoms with Gasteiger partial charge >= 0.3 is 0 Å². The van der Waals surface area contributed by atoms with Crippen LogP contribution in [-0.2, 0) is 11.3 Å². The van der Waals surface area contributed by atoms with Crippen molar-refractivity contribution in [2.24, 2.45) is 0 Å². The minimum Gasteiger partial charge on any atom is -0.496 e. The van der Waals surface area contributed by atoms with Gasteiger partial charge in [-0.1, -0.05) is 18.2 Å². The molecule has 2 aromatic rings. The van der Waals surface area contributed by atoms with Crippen molar-refractivity contribution in [2.45, 2.75) is 25.9 Å². The molecule has 0 radical (unpaired) electrons. The van der Waals surface area contributed by atoms with Gasteiger partial charge in [-0.15, -0.1) is 0 Å². The minimum absolute atomic E-state index is 0.0515. The Bertz CT molecular complexity index is 583. The Kier molecular flexibility index (Phi) is 4.92. The summed E-state index contributed by atoms with van der Waals surface area (Å²) in [7, 11) is 3.44. The largest absolute Gasteiger partial charge is 0.496 e. The maximum atomic E-state index is 12.3. The normalized spacial score (nSPS) is 12.0. The highest BCUT2D eigenvalue weighted by Gasteiger charge is 2.19. The standard InChI is InChI=1S/C15H20N4O2/c1-12(13-6-4-5-7-14(13)21-3)18(2)15(20)8-9-19-11-16-10-17-19/h4-7,10-12H,8-9H2,1-3H3. The van der Waals surface area contributed by atoms with Crippen LogP contribution in [0.1, 0.15) is 24.9 Å². The molecule has 0 N–H and O–H groups in total. The number of methoxy groups -OCH3 is 1. The van der Waals surface area contributed by atoms with Crippen LogP contribution in [0.25, 0.3) is 0 Å². The first-order valence-electron chi connectivity index (χ1n) is 6.84. The van der Waals surface area contributed by atoms with E-state index in [4.69, 9.17) is 4.74 Å². The zero-order valence-electron chi connectivity index (χ0n) is 12.6. The number of carbonyl (C=O) groups excluding carboxylic acids is 1. The Morgan fingerprint density at radius 2 is 2.19 bits per heavy atom. The Balaban J connectivity index is 2.00. The van der Waals surface area contributed by atoms with Gasteiger partial charge in [0.05, 0.1) is 19.7 Å². The molecule has 6 nitrogen and oxygen atoms in total. The van der Waals surface area contributed by atoms with Crippen molar-refractivity contribution >= 4 is 5.91 Å². The molecule has 0 saturated carbocycles.